The monoisotopic (exact) mass is 1050 g/mol. The second-order valence-corrected chi connectivity index (χ2v) is 18.3. The molecule has 5 aromatic carbocycles. The number of rotatable bonds is 17. The first-order chi connectivity index (χ1) is 35.7. The first-order valence-electron chi connectivity index (χ1n) is 23.5. The average molecular weight is 1050 g/mol. The minimum atomic E-state index is -5.00. The molecule has 12 nitrogen and oxygen atoms in total. The zero-order chi connectivity index (χ0) is 52.3. The van der Waals surface area contributed by atoms with Crippen LogP contribution < -0.4 is 38.4 Å². The highest BCUT2D eigenvalue weighted by atomic mass is 35.5. The third-order valence-corrected chi connectivity index (χ3v) is 13.5. The highest BCUT2D eigenvalue weighted by Crippen LogP contribution is 2.51. The molecule has 0 saturated carbocycles. The number of nitrogens with zero attached hydrogens (tertiary/aromatic N) is 7. The van der Waals surface area contributed by atoms with E-state index in [1.807, 2.05) is 96.8 Å². The molecule has 3 aromatic heterocycles. The lowest BCUT2D eigenvalue weighted by atomic mass is 9.98. The van der Waals surface area contributed by atoms with Crippen molar-refractivity contribution in [2.24, 2.45) is 0 Å². The summed E-state index contributed by atoms with van der Waals surface area (Å²) < 4.78 is 92.3. The van der Waals surface area contributed by atoms with Gasteiger partial charge in [-0.3, -0.25) is 0 Å². The van der Waals surface area contributed by atoms with Crippen LogP contribution in [0, 0.1) is 12.7 Å². The van der Waals surface area contributed by atoms with Crippen LogP contribution in [0.1, 0.15) is 51.9 Å². The largest absolute Gasteiger partial charge is 0.497 e. The van der Waals surface area contributed by atoms with Gasteiger partial charge in [0.2, 0.25) is 5.28 Å². The molecule has 382 valence electrons. The Kier molecular flexibility index (Phi) is 15.2. The predicted molar refractivity (Wildman–Crippen MR) is 280 cm³/mol. The number of ether oxygens (including phenoxy) is 5. The van der Waals surface area contributed by atoms with E-state index in [0.717, 1.165) is 39.3 Å². The van der Waals surface area contributed by atoms with Crippen molar-refractivity contribution in [3.8, 4) is 40.0 Å². The third-order valence-electron chi connectivity index (χ3n) is 13.0. The molecule has 0 N–H and O–H groups in total. The number of aryl methyl sites for hydroxylation is 1. The molecular weight excluding hydrogens is 998 g/mol. The van der Waals surface area contributed by atoms with Crippen LogP contribution in [0.2, 0.25) is 10.3 Å². The summed E-state index contributed by atoms with van der Waals surface area (Å²) in [6.07, 6.45) is -3.28. The summed E-state index contributed by atoms with van der Waals surface area (Å²) in [7, 11) is 6.34. The van der Waals surface area contributed by atoms with E-state index in [9.17, 15) is 0 Å². The average Bonchev–Trinajstić information content (AvgIpc) is 3.61. The number of alkyl halides is 3. The SMILES string of the molecule is COc1ccc(CN(Cc2ccc(OC)cc2)c2cc(C)c(C(F)(F)F)c(-c3c(Cl)c4c5c(nc(Cl)nc5c3F)N([C@H](C)c3cccnc3N(Cc3ccc(OC)cc3)Cc3ccc(OC)cc3)CCO4)n2)cc1. The predicted octanol–water partition coefficient (Wildman–Crippen LogP) is 13.3. The second kappa shape index (κ2) is 21.9. The van der Waals surface area contributed by atoms with Gasteiger partial charge in [-0.25, -0.2) is 19.3 Å². The van der Waals surface area contributed by atoms with Gasteiger partial charge in [0, 0.05) is 37.9 Å². The summed E-state index contributed by atoms with van der Waals surface area (Å²) >= 11 is 13.9. The number of hydrogen-bond donors (Lipinski definition) is 0. The van der Waals surface area contributed by atoms with E-state index in [1.165, 1.54) is 13.0 Å². The van der Waals surface area contributed by atoms with Crippen molar-refractivity contribution in [2.75, 3.05) is 56.3 Å². The van der Waals surface area contributed by atoms with E-state index in [2.05, 4.69) is 19.9 Å². The first-order valence-corrected chi connectivity index (χ1v) is 24.3. The maximum atomic E-state index is 17.9. The van der Waals surface area contributed by atoms with E-state index in [4.69, 9.17) is 51.9 Å². The van der Waals surface area contributed by atoms with Crippen LogP contribution in [0.5, 0.6) is 28.7 Å². The fourth-order valence-corrected chi connectivity index (χ4v) is 9.75. The molecular formula is C56H51Cl2F4N7O5. The van der Waals surface area contributed by atoms with E-state index in [-0.39, 0.29) is 59.9 Å². The lowest BCUT2D eigenvalue weighted by Crippen LogP contribution is -2.33. The Hall–Kier alpha value is -7.56. The molecule has 0 aliphatic carbocycles. The zero-order valence-corrected chi connectivity index (χ0v) is 42.8. The fourth-order valence-electron chi connectivity index (χ4n) is 9.26. The normalized spacial score (nSPS) is 12.7. The van der Waals surface area contributed by atoms with Crippen molar-refractivity contribution >= 4 is 51.6 Å². The maximum Gasteiger partial charge on any atom is 0.418 e. The molecule has 0 spiro atoms. The van der Waals surface area contributed by atoms with Gasteiger partial charge in [0.25, 0.3) is 0 Å². The van der Waals surface area contributed by atoms with Gasteiger partial charge < -0.3 is 38.4 Å². The minimum Gasteiger partial charge on any atom is -0.497 e. The summed E-state index contributed by atoms with van der Waals surface area (Å²) in [5, 5.41) is -0.753. The number of hydrogen-bond acceptors (Lipinski definition) is 12. The number of pyridine rings is 2. The van der Waals surface area contributed by atoms with Crippen LogP contribution in [0.15, 0.2) is 121 Å². The Bertz CT molecular complexity index is 3180. The number of anilines is 3. The topological polar surface area (TPSA) is 107 Å². The summed E-state index contributed by atoms with van der Waals surface area (Å²) in [6.45, 7) is 4.73. The van der Waals surface area contributed by atoms with Crippen LogP contribution >= 0.6 is 23.2 Å². The summed E-state index contributed by atoms with van der Waals surface area (Å²) in [5.74, 6) is 2.35. The van der Waals surface area contributed by atoms with Crippen molar-refractivity contribution in [1.82, 2.24) is 19.9 Å². The van der Waals surface area contributed by atoms with Crippen molar-refractivity contribution in [1.29, 1.82) is 0 Å². The molecule has 0 bridgehead atoms. The van der Waals surface area contributed by atoms with Gasteiger partial charge in [-0.2, -0.15) is 18.2 Å². The van der Waals surface area contributed by atoms with Crippen LogP contribution in [0.3, 0.4) is 0 Å². The fraction of sp³-hybridized carbons (Fsp3) is 0.250. The van der Waals surface area contributed by atoms with Crippen molar-refractivity contribution in [3.05, 3.63) is 177 Å². The summed E-state index contributed by atoms with van der Waals surface area (Å²) in [6, 6.07) is 34.7. The van der Waals surface area contributed by atoms with Gasteiger partial charge in [0.05, 0.1) is 68.3 Å². The Morgan fingerprint density at radius 2 is 1.18 bits per heavy atom. The van der Waals surface area contributed by atoms with Gasteiger partial charge in [-0.15, -0.1) is 0 Å². The minimum absolute atomic E-state index is 0.0332. The zero-order valence-electron chi connectivity index (χ0n) is 41.3. The molecule has 74 heavy (non-hydrogen) atoms. The van der Waals surface area contributed by atoms with Crippen LogP contribution in [-0.4, -0.2) is 61.5 Å². The molecule has 4 heterocycles. The third kappa shape index (κ3) is 10.7. The number of benzene rings is 5. The summed E-state index contributed by atoms with van der Waals surface area (Å²) in [5.41, 5.74) is 1.21. The number of aromatic nitrogens is 4. The van der Waals surface area contributed by atoms with Gasteiger partial charge >= 0.3 is 6.18 Å². The van der Waals surface area contributed by atoms with E-state index in [1.54, 1.807) is 63.8 Å². The molecule has 0 fully saturated rings. The first kappa shape index (κ1) is 51.3. The van der Waals surface area contributed by atoms with Crippen LogP contribution in [0.4, 0.5) is 35.0 Å². The van der Waals surface area contributed by atoms with Gasteiger partial charge in [0.15, 0.2) is 11.6 Å². The molecule has 0 saturated heterocycles. The summed E-state index contributed by atoms with van der Waals surface area (Å²) in [4.78, 5) is 24.4. The highest BCUT2D eigenvalue weighted by Gasteiger charge is 2.41. The Morgan fingerprint density at radius 1 is 0.689 bits per heavy atom. The lowest BCUT2D eigenvalue weighted by Gasteiger charge is -2.33. The molecule has 1 atom stereocenters. The molecule has 9 rings (SSSR count). The molecule has 0 amide bonds. The number of methoxy groups -OCH3 is 4. The van der Waals surface area contributed by atoms with Crippen molar-refractivity contribution < 1.29 is 41.2 Å². The number of halogens is 6. The quantitative estimate of drug-likeness (QED) is 0.0640. The van der Waals surface area contributed by atoms with Gasteiger partial charge in [-0.1, -0.05) is 66.2 Å². The van der Waals surface area contributed by atoms with Crippen molar-refractivity contribution in [2.45, 2.75) is 52.2 Å². The van der Waals surface area contributed by atoms with Gasteiger partial charge in [0.1, 0.15) is 52.6 Å². The molecule has 1 aliphatic rings. The molecule has 18 heteroatoms. The Labute approximate surface area is 436 Å². The van der Waals surface area contributed by atoms with E-state index in [0.29, 0.717) is 30.4 Å². The lowest BCUT2D eigenvalue weighted by molar-refractivity contribution is -0.137. The Balaban J connectivity index is 1.16. The van der Waals surface area contributed by atoms with E-state index < -0.39 is 45.4 Å². The molecule has 1 aliphatic heterocycles. The highest BCUT2D eigenvalue weighted by molar-refractivity contribution is 6.37. The van der Waals surface area contributed by atoms with Crippen LogP contribution in [-0.2, 0) is 32.4 Å². The molecule has 0 radical (unpaired) electrons. The molecule has 0 unspecified atom stereocenters. The van der Waals surface area contributed by atoms with Gasteiger partial charge in [-0.05, 0) is 114 Å². The smallest absolute Gasteiger partial charge is 0.418 e. The Morgan fingerprint density at radius 3 is 1.65 bits per heavy atom. The molecule has 8 aromatic rings. The van der Waals surface area contributed by atoms with E-state index >= 15 is 17.6 Å². The second-order valence-electron chi connectivity index (χ2n) is 17.6. The van der Waals surface area contributed by atoms with Crippen molar-refractivity contribution in [3.63, 3.8) is 0 Å². The maximum absolute atomic E-state index is 17.9. The van der Waals surface area contributed by atoms with Crippen LogP contribution in [0.25, 0.3) is 22.2 Å². The standard InChI is InChI=1S/C56H51Cl2F4N7O5/c1-33-28-44(67(29-35-9-17-39(70-3)18-10-35)30-36-11-19-40(71-4)20-12-36)64-50(47(33)56(60,61)62)45-48(57)52-46-51(49(45)59)65-55(58)66-54(46)69(26-27-74-52)34(2)43-8-7-25-63-53(43)68(31-37-13-21-41(72-5)22-14-37)32-38-15-23-42(73-6)24-16-38/h7-25,28,34H,26-27,29-32H2,1-6H3/t34-/m1/s1.